The van der Waals surface area contributed by atoms with Gasteiger partial charge < -0.3 is 15.3 Å². The lowest BCUT2D eigenvalue weighted by atomic mass is 10.2. The van der Waals surface area contributed by atoms with Crippen molar-refractivity contribution >= 4 is 18.4 Å². The molecule has 0 unspecified atom stereocenters. The molecule has 0 spiro atoms. The van der Waals surface area contributed by atoms with Crippen LogP contribution in [-0.2, 0) is 0 Å². The molecule has 0 saturated heterocycles. The van der Waals surface area contributed by atoms with Crippen LogP contribution in [-0.4, -0.2) is 21.3 Å². The maximum atomic E-state index is 10.3. The number of benzene rings is 1. The van der Waals surface area contributed by atoms with Crippen molar-refractivity contribution in [2.24, 2.45) is 0 Å². The molecule has 5 heteroatoms. The second-order valence-corrected chi connectivity index (χ2v) is 1.98. The summed E-state index contributed by atoms with van der Waals surface area (Å²) in [6.45, 7) is 0. The number of carboxylic acid groups (broad SMARTS) is 1. The molecule has 1 aromatic carbocycles. The normalized spacial score (nSPS) is 8.67. The van der Waals surface area contributed by atoms with Gasteiger partial charge >= 0.3 is 5.97 Å². The first-order valence-electron chi connectivity index (χ1n) is 2.87. The molecule has 0 amide bonds. The largest absolute Gasteiger partial charge is 0.507 e. The third-order valence-electron chi connectivity index (χ3n) is 1.23. The van der Waals surface area contributed by atoms with Gasteiger partial charge in [-0.25, -0.2) is 4.79 Å². The minimum atomic E-state index is -1.35. The fourth-order valence-corrected chi connectivity index (χ4v) is 0.747. The van der Waals surface area contributed by atoms with Gasteiger partial charge in [-0.2, -0.15) is 0 Å². The van der Waals surface area contributed by atoms with E-state index in [2.05, 4.69) is 0 Å². The van der Waals surface area contributed by atoms with E-state index in [1.165, 1.54) is 18.2 Å². The van der Waals surface area contributed by atoms with Gasteiger partial charge in [-0.1, -0.05) is 6.07 Å². The maximum Gasteiger partial charge on any atom is 0.343 e. The standard InChI is InChI=1S/C7H6O4.ClH/c8-4-2-1-3-5(9)6(4)7(10)11;/h1-3,8-9H,(H,10,11);1H. The highest BCUT2D eigenvalue weighted by molar-refractivity contribution is 5.93. The fraction of sp³-hybridized carbons (Fsp3) is 0. The molecule has 0 fully saturated rings. The average Bonchev–Trinajstić information content (AvgIpc) is 1.85. The summed E-state index contributed by atoms with van der Waals surface area (Å²) in [4.78, 5) is 10.3. The maximum absolute atomic E-state index is 10.3. The Kier molecular flexibility index (Phi) is 3.37. The summed E-state index contributed by atoms with van der Waals surface area (Å²) in [6, 6.07) is 3.75. The lowest BCUT2D eigenvalue weighted by Crippen LogP contribution is -1.96. The van der Waals surface area contributed by atoms with Gasteiger partial charge in [-0.3, -0.25) is 0 Å². The molecular weight excluding hydrogens is 184 g/mol. The van der Waals surface area contributed by atoms with E-state index in [9.17, 15) is 4.79 Å². The van der Waals surface area contributed by atoms with Crippen molar-refractivity contribution in [1.29, 1.82) is 0 Å². The fourth-order valence-electron chi connectivity index (χ4n) is 0.747. The molecule has 1 aromatic rings. The zero-order chi connectivity index (χ0) is 8.43. The number of carbonyl (C=O) groups is 1. The highest BCUT2D eigenvalue weighted by Gasteiger charge is 2.13. The Bertz CT molecular complexity index is 277. The van der Waals surface area contributed by atoms with E-state index in [-0.39, 0.29) is 12.4 Å². The Labute approximate surface area is 74.5 Å². The Morgan fingerprint density at radius 3 is 1.83 bits per heavy atom. The average molecular weight is 191 g/mol. The monoisotopic (exact) mass is 190 g/mol. The molecule has 0 aliphatic rings. The third-order valence-corrected chi connectivity index (χ3v) is 1.23. The number of hydrogen-bond acceptors (Lipinski definition) is 3. The number of carboxylic acids is 1. The summed E-state index contributed by atoms with van der Waals surface area (Å²) < 4.78 is 0. The molecule has 66 valence electrons. The van der Waals surface area contributed by atoms with Gasteiger partial charge in [0.15, 0.2) is 0 Å². The van der Waals surface area contributed by atoms with Crippen LogP contribution < -0.4 is 0 Å². The molecule has 0 aromatic heterocycles. The summed E-state index contributed by atoms with van der Waals surface area (Å²) >= 11 is 0. The van der Waals surface area contributed by atoms with Crippen molar-refractivity contribution in [3.05, 3.63) is 23.8 Å². The second kappa shape index (κ2) is 3.82. The zero-order valence-corrected chi connectivity index (χ0v) is 6.71. The lowest BCUT2D eigenvalue weighted by molar-refractivity contribution is 0.0690. The van der Waals surface area contributed by atoms with Gasteiger partial charge in [0.05, 0.1) is 0 Å². The number of rotatable bonds is 1. The van der Waals surface area contributed by atoms with Crippen molar-refractivity contribution in [3.8, 4) is 11.5 Å². The van der Waals surface area contributed by atoms with E-state index in [0.29, 0.717) is 0 Å². The van der Waals surface area contributed by atoms with Crippen LogP contribution in [0.15, 0.2) is 18.2 Å². The number of aromatic carboxylic acids is 1. The van der Waals surface area contributed by atoms with Gasteiger partial charge in [-0.05, 0) is 12.1 Å². The second-order valence-electron chi connectivity index (χ2n) is 1.98. The Morgan fingerprint density at radius 2 is 1.58 bits per heavy atom. The minimum Gasteiger partial charge on any atom is -0.507 e. The van der Waals surface area contributed by atoms with Gasteiger partial charge in [0.1, 0.15) is 17.1 Å². The minimum absolute atomic E-state index is 0. The number of phenols is 2. The summed E-state index contributed by atoms with van der Waals surface area (Å²) in [5, 5.41) is 26.3. The van der Waals surface area contributed by atoms with E-state index in [1.807, 2.05) is 0 Å². The van der Waals surface area contributed by atoms with Gasteiger partial charge in [0.2, 0.25) is 0 Å². The Balaban J connectivity index is 0.00000121. The zero-order valence-electron chi connectivity index (χ0n) is 5.89. The number of halogens is 1. The van der Waals surface area contributed by atoms with E-state index >= 15 is 0 Å². The van der Waals surface area contributed by atoms with Crippen molar-refractivity contribution in [2.45, 2.75) is 0 Å². The predicted octanol–water partition coefficient (Wildman–Crippen LogP) is 1.22. The van der Waals surface area contributed by atoms with Crippen molar-refractivity contribution in [2.75, 3.05) is 0 Å². The van der Waals surface area contributed by atoms with Gasteiger partial charge in [-0.15, -0.1) is 12.4 Å². The molecule has 0 saturated carbocycles. The number of aromatic hydroxyl groups is 2. The van der Waals surface area contributed by atoms with Gasteiger partial charge in [0, 0.05) is 0 Å². The van der Waals surface area contributed by atoms with E-state index in [1.54, 1.807) is 0 Å². The van der Waals surface area contributed by atoms with E-state index < -0.39 is 23.0 Å². The first kappa shape index (κ1) is 10.6. The number of hydrogen-bond donors (Lipinski definition) is 3. The van der Waals surface area contributed by atoms with Crippen LogP contribution in [0.3, 0.4) is 0 Å². The molecular formula is C7H7ClO4. The Morgan fingerprint density at radius 1 is 1.17 bits per heavy atom. The first-order valence-corrected chi connectivity index (χ1v) is 2.87. The summed E-state index contributed by atoms with van der Waals surface area (Å²) in [5.74, 6) is -2.21. The molecule has 4 nitrogen and oxygen atoms in total. The Hall–Kier alpha value is -1.42. The van der Waals surface area contributed by atoms with Crippen LogP contribution in [0, 0.1) is 0 Å². The SMILES string of the molecule is Cl.O=C(O)c1c(O)cccc1O. The summed E-state index contributed by atoms with van der Waals surface area (Å²) in [7, 11) is 0. The molecule has 0 radical (unpaired) electrons. The van der Waals surface area contributed by atoms with E-state index in [4.69, 9.17) is 15.3 Å². The smallest absolute Gasteiger partial charge is 0.343 e. The van der Waals surface area contributed by atoms with Crippen molar-refractivity contribution in [1.82, 2.24) is 0 Å². The topological polar surface area (TPSA) is 77.8 Å². The van der Waals surface area contributed by atoms with Crippen LogP contribution >= 0.6 is 12.4 Å². The first-order chi connectivity index (χ1) is 5.13. The van der Waals surface area contributed by atoms with Crippen molar-refractivity contribution < 1.29 is 20.1 Å². The summed E-state index contributed by atoms with van der Waals surface area (Å²) in [6.07, 6.45) is 0. The highest BCUT2D eigenvalue weighted by atomic mass is 35.5. The molecule has 12 heavy (non-hydrogen) atoms. The molecule has 0 bridgehead atoms. The molecule has 1 rings (SSSR count). The highest BCUT2D eigenvalue weighted by Crippen LogP contribution is 2.25. The van der Waals surface area contributed by atoms with Crippen LogP contribution in [0.2, 0.25) is 0 Å². The predicted molar refractivity (Wildman–Crippen MR) is 44.0 cm³/mol. The molecule has 0 atom stereocenters. The molecule has 0 heterocycles. The van der Waals surface area contributed by atoms with Crippen LogP contribution in [0.1, 0.15) is 10.4 Å². The molecule has 0 aliphatic heterocycles. The third kappa shape index (κ3) is 1.79. The van der Waals surface area contributed by atoms with Gasteiger partial charge in [0.25, 0.3) is 0 Å². The molecule has 0 aliphatic carbocycles. The van der Waals surface area contributed by atoms with E-state index in [0.717, 1.165) is 0 Å². The quantitative estimate of drug-likeness (QED) is 0.622. The summed E-state index contributed by atoms with van der Waals surface area (Å²) in [5.41, 5.74) is -0.465. The van der Waals surface area contributed by atoms with Crippen LogP contribution in [0.5, 0.6) is 11.5 Å². The van der Waals surface area contributed by atoms with Crippen LogP contribution in [0.4, 0.5) is 0 Å². The molecule has 3 N–H and O–H groups in total. The van der Waals surface area contributed by atoms with Crippen LogP contribution in [0.25, 0.3) is 0 Å². The van der Waals surface area contributed by atoms with Crippen molar-refractivity contribution in [3.63, 3.8) is 0 Å². The lowest BCUT2D eigenvalue weighted by Gasteiger charge is -1.99.